The van der Waals surface area contributed by atoms with Crippen molar-refractivity contribution < 1.29 is 15.0 Å². The van der Waals surface area contributed by atoms with Crippen LogP contribution in [0.5, 0.6) is 5.75 Å². The number of hydrogen-bond acceptors (Lipinski definition) is 3. The molecule has 0 amide bonds. The van der Waals surface area contributed by atoms with E-state index in [0.29, 0.717) is 11.1 Å². The van der Waals surface area contributed by atoms with Crippen LogP contribution in [0.25, 0.3) is 0 Å². The summed E-state index contributed by atoms with van der Waals surface area (Å²) in [4.78, 5) is 10.7. The molecule has 1 unspecified atom stereocenters. The first kappa shape index (κ1) is 12.1. The Morgan fingerprint density at radius 1 is 1.50 bits per heavy atom. The lowest BCUT2D eigenvalue weighted by atomic mass is 9.95. The van der Waals surface area contributed by atoms with Crippen LogP contribution in [0.3, 0.4) is 0 Å². The summed E-state index contributed by atoms with van der Waals surface area (Å²) in [5.41, 5.74) is 2.07. The van der Waals surface area contributed by atoms with E-state index in [-0.39, 0.29) is 12.2 Å². The SMILES string of the molecule is Cc1ccc(CC(C#N)C(=O)O)c(C)c1O. The molecule has 0 heterocycles. The van der Waals surface area contributed by atoms with Gasteiger partial charge in [-0.05, 0) is 37.0 Å². The van der Waals surface area contributed by atoms with Gasteiger partial charge in [0.15, 0.2) is 0 Å². The van der Waals surface area contributed by atoms with Crippen molar-refractivity contribution in [2.75, 3.05) is 0 Å². The Hall–Kier alpha value is -2.02. The lowest BCUT2D eigenvalue weighted by Gasteiger charge is -2.10. The Kier molecular flexibility index (Phi) is 3.51. The van der Waals surface area contributed by atoms with Crippen LogP contribution in [0, 0.1) is 31.1 Å². The third-order valence-corrected chi connectivity index (χ3v) is 2.62. The van der Waals surface area contributed by atoms with Crippen LogP contribution in [0.1, 0.15) is 16.7 Å². The maximum atomic E-state index is 10.7. The number of carboxylic acids is 1. The van der Waals surface area contributed by atoms with E-state index in [1.54, 1.807) is 32.0 Å². The number of rotatable bonds is 3. The van der Waals surface area contributed by atoms with Gasteiger partial charge in [-0.2, -0.15) is 5.26 Å². The zero-order valence-corrected chi connectivity index (χ0v) is 9.19. The lowest BCUT2D eigenvalue weighted by molar-refractivity contribution is -0.139. The van der Waals surface area contributed by atoms with Crippen LogP contribution in [-0.4, -0.2) is 16.2 Å². The van der Waals surface area contributed by atoms with Crippen LogP contribution in [-0.2, 0) is 11.2 Å². The summed E-state index contributed by atoms with van der Waals surface area (Å²) in [5, 5.41) is 27.1. The second-order valence-electron chi connectivity index (χ2n) is 3.74. The summed E-state index contributed by atoms with van der Waals surface area (Å²) in [7, 11) is 0. The fourth-order valence-electron chi connectivity index (χ4n) is 1.51. The molecule has 0 fully saturated rings. The molecule has 4 nitrogen and oxygen atoms in total. The maximum Gasteiger partial charge on any atom is 0.321 e. The first-order chi connectivity index (χ1) is 7.47. The summed E-state index contributed by atoms with van der Waals surface area (Å²) in [6.07, 6.45) is 0.117. The number of aliphatic carboxylic acids is 1. The molecule has 0 radical (unpaired) electrons. The van der Waals surface area contributed by atoms with Crippen molar-refractivity contribution >= 4 is 5.97 Å². The Labute approximate surface area is 93.8 Å². The Bertz CT molecular complexity index is 460. The Morgan fingerprint density at radius 2 is 2.12 bits per heavy atom. The second kappa shape index (κ2) is 4.67. The summed E-state index contributed by atoms with van der Waals surface area (Å²) < 4.78 is 0. The molecule has 0 aliphatic rings. The third kappa shape index (κ3) is 2.31. The largest absolute Gasteiger partial charge is 0.507 e. The average molecular weight is 219 g/mol. The molecule has 0 aliphatic heterocycles. The molecule has 0 aromatic heterocycles. The van der Waals surface area contributed by atoms with Crippen LogP contribution in [0.15, 0.2) is 12.1 Å². The molecular weight excluding hydrogens is 206 g/mol. The van der Waals surface area contributed by atoms with Crippen molar-refractivity contribution in [3.05, 3.63) is 28.8 Å². The summed E-state index contributed by atoms with van der Waals surface area (Å²) in [6, 6.07) is 5.19. The first-order valence-corrected chi connectivity index (χ1v) is 4.87. The van der Waals surface area contributed by atoms with Crippen molar-refractivity contribution in [1.29, 1.82) is 5.26 Å². The van der Waals surface area contributed by atoms with Gasteiger partial charge in [0.1, 0.15) is 11.7 Å². The molecule has 1 aromatic carbocycles. The predicted molar refractivity (Wildman–Crippen MR) is 58.0 cm³/mol. The molecule has 1 aromatic rings. The summed E-state index contributed by atoms with van der Waals surface area (Å²) >= 11 is 0. The van der Waals surface area contributed by atoms with Crippen molar-refractivity contribution in [2.24, 2.45) is 5.92 Å². The zero-order chi connectivity index (χ0) is 12.3. The molecule has 0 bridgehead atoms. The van der Waals surface area contributed by atoms with Gasteiger partial charge in [0.25, 0.3) is 0 Å². The number of aromatic hydroxyl groups is 1. The number of carbonyl (C=O) groups is 1. The normalized spacial score (nSPS) is 11.8. The van der Waals surface area contributed by atoms with E-state index in [4.69, 9.17) is 10.4 Å². The van der Waals surface area contributed by atoms with Crippen molar-refractivity contribution in [2.45, 2.75) is 20.3 Å². The van der Waals surface area contributed by atoms with Crippen molar-refractivity contribution in [3.63, 3.8) is 0 Å². The monoisotopic (exact) mass is 219 g/mol. The van der Waals surface area contributed by atoms with Crippen LogP contribution < -0.4 is 0 Å². The van der Waals surface area contributed by atoms with E-state index in [9.17, 15) is 9.90 Å². The minimum Gasteiger partial charge on any atom is -0.507 e. The van der Waals surface area contributed by atoms with Crippen LogP contribution in [0.2, 0.25) is 0 Å². The van der Waals surface area contributed by atoms with E-state index in [1.165, 1.54) is 0 Å². The highest BCUT2D eigenvalue weighted by Gasteiger charge is 2.19. The number of benzene rings is 1. The lowest BCUT2D eigenvalue weighted by Crippen LogP contribution is -2.14. The van der Waals surface area contributed by atoms with E-state index >= 15 is 0 Å². The molecule has 0 aliphatic carbocycles. The fourth-order valence-corrected chi connectivity index (χ4v) is 1.51. The second-order valence-corrected chi connectivity index (χ2v) is 3.74. The number of aryl methyl sites for hydroxylation is 1. The Balaban J connectivity index is 3.03. The number of phenolic OH excluding ortho intramolecular Hbond substituents is 1. The highest BCUT2D eigenvalue weighted by molar-refractivity contribution is 5.73. The van der Waals surface area contributed by atoms with Crippen LogP contribution >= 0.6 is 0 Å². The van der Waals surface area contributed by atoms with Gasteiger partial charge in [-0.25, -0.2) is 0 Å². The standard InChI is InChI=1S/C12H13NO3/c1-7-3-4-9(8(2)11(7)14)5-10(6-13)12(15)16/h3-4,10,14H,5H2,1-2H3,(H,15,16). The first-order valence-electron chi connectivity index (χ1n) is 4.87. The highest BCUT2D eigenvalue weighted by Crippen LogP contribution is 2.26. The van der Waals surface area contributed by atoms with Gasteiger partial charge in [-0.15, -0.1) is 0 Å². The van der Waals surface area contributed by atoms with E-state index in [1.807, 2.05) is 0 Å². The number of nitrogens with zero attached hydrogens (tertiary/aromatic N) is 1. The summed E-state index contributed by atoms with van der Waals surface area (Å²) in [6.45, 7) is 3.49. The highest BCUT2D eigenvalue weighted by atomic mass is 16.4. The van der Waals surface area contributed by atoms with Crippen molar-refractivity contribution in [3.8, 4) is 11.8 Å². The molecule has 4 heteroatoms. The number of carboxylic acid groups (broad SMARTS) is 1. The van der Waals surface area contributed by atoms with Gasteiger partial charge in [-0.3, -0.25) is 4.79 Å². The van der Waals surface area contributed by atoms with Crippen LogP contribution in [0.4, 0.5) is 0 Å². The molecule has 16 heavy (non-hydrogen) atoms. The van der Waals surface area contributed by atoms with Crippen molar-refractivity contribution in [1.82, 2.24) is 0 Å². The molecule has 0 saturated carbocycles. The molecule has 1 atom stereocenters. The minimum atomic E-state index is -1.14. The molecular formula is C12H13NO3. The van der Waals surface area contributed by atoms with E-state index in [0.717, 1.165) is 5.56 Å². The molecule has 84 valence electrons. The number of nitriles is 1. The third-order valence-electron chi connectivity index (χ3n) is 2.62. The summed E-state index contributed by atoms with van der Waals surface area (Å²) in [5.74, 6) is -2.04. The number of phenols is 1. The maximum absolute atomic E-state index is 10.7. The topological polar surface area (TPSA) is 81.3 Å². The zero-order valence-electron chi connectivity index (χ0n) is 9.19. The molecule has 2 N–H and O–H groups in total. The van der Waals surface area contributed by atoms with Gasteiger partial charge < -0.3 is 10.2 Å². The van der Waals surface area contributed by atoms with Gasteiger partial charge in [0.05, 0.1) is 6.07 Å². The van der Waals surface area contributed by atoms with Gasteiger partial charge in [0.2, 0.25) is 0 Å². The van der Waals surface area contributed by atoms with Gasteiger partial charge in [0, 0.05) is 0 Å². The minimum absolute atomic E-state index is 0.117. The van der Waals surface area contributed by atoms with Gasteiger partial charge >= 0.3 is 5.97 Å². The smallest absolute Gasteiger partial charge is 0.321 e. The predicted octanol–water partition coefficient (Wildman–Crippen LogP) is 1.78. The van der Waals surface area contributed by atoms with E-state index in [2.05, 4.69) is 0 Å². The molecule has 0 spiro atoms. The molecule has 0 saturated heterocycles. The quantitative estimate of drug-likeness (QED) is 0.811. The fraction of sp³-hybridized carbons (Fsp3) is 0.333. The van der Waals surface area contributed by atoms with E-state index < -0.39 is 11.9 Å². The van der Waals surface area contributed by atoms with Gasteiger partial charge in [-0.1, -0.05) is 12.1 Å². The number of hydrogen-bond donors (Lipinski definition) is 2. The average Bonchev–Trinajstić information content (AvgIpc) is 2.25. The Morgan fingerprint density at radius 3 is 2.62 bits per heavy atom. The molecule has 1 rings (SSSR count).